The van der Waals surface area contributed by atoms with Gasteiger partial charge in [-0.1, -0.05) is 6.92 Å². The molecule has 4 heteroatoms. The number of nitrogens with zero attached hydrogens (tertiary/aromatic N) is 2. The second-order valence-corrected chi connectivity index (χ2v) is 5.58. The van der Waals surface area contributed by atoms with Crippen molar-refractivity contribution in [3.63, 3.8) is 0 Å². The van der Waals surface area contributed by atoms with Gasteiger partial charge < -0.3 is 0 Å². The van der Waals surface area contributed by atoms with Crippen LogP contribution in [0.3, 0.4) is 0 Å². The van der Waals surface area contributed by atoms with E-state index in [1.54, 1.807) is 0 Å². The van der Waals surface area contributed by atoms with Crippen LogP contribution in [0.15, 0.2) is 0 Å². The Morgan fingerprint density at radius 1 is 1.54 bits per heavy atom. The summed E-state index contributed by atoms with van der Waals surface area (Å²) in [5.74, 6) is 1.37. The highest BCUT2D eigenvalue weighted by atomic mass is 32.2. The van der Waals surface area contributed by atoms with E-state index in [4.69, 9.17) is 0 Å². The van der Waals surface area contributed by atoms with Crippen molar-refractivity contribution in [2.45, 2.75) is 19.8 Å². The van der Waals surface area contributed by atoms with Crippen LogP contribution in [0.4, 0.5) is 0 Å². The molecule has 0 saturated carbocycles. The van der Waals surface area contributed by atoms with Crippen LogP contribution in [0.5, 0.6) is 0 Å². The number of piperidine rings is 1. The third kappa shape index (κ3) is 3.75. The van der Waals surface area contributed by atoms with Crippen molar-refractivity contribution >= 4 is 11.0 Å². The van der Waals surface area contributed by atoms with E-state index in [1.165, 1.54) is 12.8 Å². The quantitative estimate of drug-likeness (QED) is 0.682. The first kappa shape index (κ1) is 11.1. The molecule has 1 unspecified atom stereocenters. The SMILES string of the molecule is C[C@@H]1CCCN(S(=O)CN(C)C)C1. The molecule has 0 aromatic rings. The summed E-state index contributed by atoms with van der Waals surface area (Å²) >= 11 is 0. The summed E-state index contributed by atoms with van der Waals surface area (Å²) in [6.07, 6.45) is 2.48. The van der Waals surface area contributed by atoms with Crippen LogP contribution in [0.1, 0.15) is 19.8 Å². The van der Waals surface area contributed by atoms with Gasteiger partial charge in [-0.2, -0.15) is 0 Å². The third-order valence-electron chi connectivity index (χ3n) is 2.28. The van der Waals surface area contributed by atoms with E-state index >= 15 is 0 Å². The normalized spacial score (nSPS) is 27.8. The van der Waals surface area contributed by atoms with E-state index in [0.29, 0.717) is 11.8 Å². The number of rotatable bonds is 3. The van der Waals surface area contributed by atoms with Gasteiger partial charge in [-0.3, -0.25) is 4.90 Å². The van der Waals surface area contributed by atoms with Crippen molar-refractivity contribution in [2.24, 2.45) is 5.92 Å². The molecule has 3 nitrogen and oxygen atoms in total. The molecule has 1 saturated heterocycles. The summed E-state index contributed by atoms with van der Waals surface area (Å²) in [7, 11) is 3.13. The molecule has 1 aliphatic rings. The van der Waals surface area contributed by atoms with Crippen molar-refractivity contribution in [1.82, 2.24) is 9.21 Å². The molecule has 0 bridgehead atoms. The highest BCUT2D eigenvalue weighted by Gasteiger charge is 2.20. The summed E-state index contributed by atoms with van der Waals surface area (Å²) < 4.78 is 13.9. The van der Waals surface area contributed by atoms with Gasteiger partial charge in [0.05, 0.1) is 5.88 Å². The predicted molar refractivity (Wildman–Crippen MR) is 56.7 cm³/mol. The van der Waals surface area contributed by atoms with E-state index in [-0.39, 0.29) is 0 Å². The first-order valence-electron chi connectivity index (χ1n) is 4.87. The van der Waals surface area contributed by atoms with Gasteiger partial charge in [0.1, 0.15) is 11.0 Å². The summed E-state index contributed by atoms with van der Waals surface area (Å²) in [5, 5.41) is 0. The van der Waals surface area contributed by atoms with Gasteiger partial charge in [-0.25, -0.2) is 8.51 Å². The van der Waals surface area contributed by atoms with Gasteiger partial charge in [-0.05, 0) is 32.9 Å². The maximum Gasteiger partial charge on any atom is 0.109 e. The lowest BCUT2D eigenvalue weighted by atomic mass is 10.0. The summed E-state index contributed by atoms with van der Waals surface area (Å²) in [6.45, 7) is 4.24. The largest absolute Gasteiger partial charge is 0.297 e. The van der Waals surface area contributed by atoms with Gasteiger partial charge in [0, 0.05) is 13.1 Å². The van der Waals surface area contributed by atoms with Crippen LogP contribution in [-0.4, -0.2) is 46.5 Å². The molecule has 1 fully saturated rings. The standard InChI is InChI=1S/C9H20N2OS/c1-9-5-4-6-11(7-9)13(12)8-10(2)3/h9H,4-8H2,1-3H3/t9-,13?/m1/s1. The number of hydrogen-bond donors (Lipinski definition) is 0. The molecule has 0 N–H and O–H groups in total. The molecule has 1 rings (SSSR count). The molecule has 0 aromatic heterocycles. The van der Waals surface area contributed by atoms with Crippen LogP contribution >= 0.6 is 0 Å². The monoisotopic (exact) mass is 204 g/mol. The Hall–Kier alpha value is 0.0700. The van der Waals surface area contributed by atoms with Crippen LogP contribution in [0.2, 0.25) is 0 Å². The van der Waals surface area contributed by atoms with E-state index in [1.807, 2.05) is 19.0 Å². The fraction of sp³-hybridized carbons (Fsp3) is 1.00. The fourth-order valence-corrected chi connectivity index (χ4v) is 2.99. The minimum atomic E-state index is -0.798. The molecule has 2 atom stereocenters. The van der Waals surface area contributed by atoms with Crippen molar-refractivity contribution in [3.8, 4) is 0 Å². The maximum absolute atomic E-state index is 11.7. The molecular weight excluding hydrogens is 184 g/mol. The van der Waals surface area contributed by atoms with Crippen LogP contribution in [-0.2, 0) is 11.0 Å². The van der Waals surface area contributed by atoms with Crippen molar-refractivity contribution in [1.29, 1.82) is 0 Å². The molecule has 0 aliphatic carbocycles. The first-order chi connectivity index (χ1) is 6.09. The van der Waals surface area contributed by atoms with E-state index in [2.05, 4.69) is 11.2 Å². The lowest BCUT2D eigenvalue weighted by Crippen LogP contribution is -2.39. The Kier molecular flexibility index (Phi) is 4.35. The Bertz CT molecular complexity index is 184. The fourth-order valence-electron chi connectivity index (χ4n) is 1.63. The summed E-state index contributed by atoms with van der Waals surface area (Å²) in [4.78, 5) is 1.98. The van der Waals surface area contributed by atoms with Crippen LogP contribution < -0.4 is 0 Å². The smallest absolute Gasteiger partial charge is 0.109 e. The molecular formula is C9H20N2OS. The molecule has 1 heterocycles. The Morgan fingerprint density at radius 3 is 2.77 bits per heavy atom. The average molecular weight is 204 g/mol. The minimum absolute atomic E-state index is 0.659. The van der Waals surface area contributed by atoms with Gasteiger partial charge in [0.25, 0.3) is 0 Å². The molecule has 1 aliphatic heterocycles. The van der Waals surface area contributed by atoms with Crippen molar-refractivity contribution in [2.75, 3.05) is 33.1 Å². The maximum atomic E-state index is 11.7. The zero-order valence-corrected chi connectivity index (χ0v) is 9.64. The highest BCUT2D eigenvalue weighted by molar-refractivity contribution is 7.82. The topological polar surface area (TPSA) is 23.6 Å². The predicted octanol–water partition coefficient (Wildman–Crippen LogP) is 0.901. The first-order valence-corrected chi connectivity index (χ1v) is 6.15. The molecule has 78 valence electrons. The second-order valence-electron chi connectivity index (χ2n) is 4.17. The summed E-state index contributed by atoms with van der Waals surface area (Å²) in [5.41, 5.74) is 0. The number of hydrogen-bond acceptors (Lipinski definition) is 2. The molecule has 0 radical (unpaired) electrons. The summed E-state index contributed by atoms with van der Waals surface area (Å²) in [6, 6.07) is 0. The zero-order chi connectivity index (χ0) is 9.84. The van der Waals surface area contributed by atoms with Crippen molar-refractivity contribution < 1.29 is 4.21 Å². The Morgan fingerprint density at radius 2 is 2.23 bits per heavy atom. The van der Waals surface area contributed by atoms with E-state index < -0.39 is 11.0 Å². The average Bonchev–Trinajstić information content (AvgIpc) is 2.03. The lowest BCUT2D eigenvalue weighted by molar-refractivity contribution is 0.289. The molecule has 0 spiro atoms. The van der Waals surface area contributed by atoms with Crippen molar-refractivity contribution in [3.05, 3.63) is 0 Å². The lowest BCUT2D eigenvalue weighted by Gasteiger charge is -2.30. The van der Waals surface area contributed by atoms with Gasteiger partial charge >= 0.3 is 0 Å². The van der Waals surface area contributed by atoms with Gasteiger partial charge in [0.15, 0.2) is 0 Å². The second kappa shape index (κ2) is 5.08. The van der Waals surface area contributed by atoms with Crippen LogP contribution in [0, 0.1) is 5.92 Å². The Balaban J connectivity index is 2.37. The molecule has 13 heavy (non-hydrogen) atoms. The van der Waals surface area contributed by atoms with Gasteiger partial charge in [0.2, 0.25) is 0 Å². The zero-order valence-electron chi connectivity index (χ0n) is 8.82. The molecule has 0 amide bonds. The molecule has 0 aromatic carbocycles. The van der Waals surface area contributed by atoms with Gasteiger partial charge in [-0.15, -0.1) is 0 Å². The van der Waals surface area contributed by atoms with Crippen LogP contribution in [0.25, 0.3) is 0 Å². The minimum Gasteiger partial charge on any atom is -0.297 e. The van der Waals surface area contributed by atoms with E-state index in [9.17, 15) is 4.21 Å². The third-order valence-corrected chi connectivity index (χ3v) is 3.92. The highest BCUT2D eigenvalue weighted by Crippen LogP contribution is 2.16. The Labute approximate surface area is 83.7 Å². The van der Waals surface area contributed by atoms with E-state index in [0.717, 1.165) is 13.1 Å².